The first-order chi connectivity index (χ1) is 16.3. The van der Waals surface area contributed by atoms with Crippen molar-refractivity contribution in [2.24, 2.45) is 0 Å². The second-order valence-electron chi connectivity index (χ2n) is 10.5. The SMILES string of the molecule is CCCCCc1nc(N)nc2nc(CCCCN(C)C(C)(C)C)n(CCCc3ccccc3)c12. The van der Waals surface area contributed by atoms with Crippen molar-refractivity contribution in [3.8, 4) is 0 Å². The van der Waals surface area contributed by atoms with Crippen molar-refractivity contribution in [2.75, 3.05) is 19.3 Å². The van der Waals surface area contributed by atoms with Crippen LogP contribution in [0.15, 0.2) is 30.3 Å². The highest BCUT2D eigenvalue weighted by Gasteiger charge is 2.19. The standard InChI is InChI=1S/C28H44N6/c1-6-7-9-18-23-25-26(32-27(29)30-23)31-24(19-12-13-20-33(5)28(2,3)4)34(25)21-14-17-22-15-10-8-11-16-22/h8,10-11,15-16H,6-7,9,12-14,17-21H2,1-5H3,(H2,29,30,32). The minimum Gasteiger partial charge on any atom is -0.368 e. The molecule has 6 nitrogen and oxygen atoms in total. The van der Waals surface area contributed by atoms with Gasteiger partial charge in [0.05, 0.1) is 5.69 Å². The summed E-state index contributed by atoms with van der Waals surface area (Å²) in [5.41, 5.74) is 10.6. The van der Waals surface area contributed by atoms with Crippen LogP contribution in [0.25, 0.3) is 11.2 Å². The third-order valence-electron chi connectivity index (χ3n) is 6.77. The predicted octanol–water partition coefficient (Wildman–Crippen LogP) is 5.83. The van der Waals surface area contributed by atoms with Gasteiger partial charge in [0.25, 0.3) is 0 Å². The number of imidazole rings is 1. The highest BCUT2D eigenvalue weighted by atomic mass is 15.2. The molecule has 0 radical (unpaired) electrons. The van der Waals surface area contributed by atoms with Crippen molar-refractivity contribution >= 4 is 17.1 Å². The second-order valence-corrected chi connectivity index (χ2v) is 10.5. The van der Waals surface area contributed by atoms with E-state index >= 15 is 0 Å². The number of hydrogen-bond donors (Lipinski definition) is 1. The molecule has 0 amide bonds. The van der Waals surface area contributed by atoms with Gasteiger partial charge in [-0.25, -0.2) is 9.97 Å². The zero-order valence-corrected chi connectivity index (χ0v) is 22.0. The highest BCUT2D eigenvalue weighted by molar-refractivity contribution is 5.75. The van der Waals surface area contributed by atoms with Crippen LogP contribution in [0.2, 0.25) is 0 Å². The van der Waals surface area contributed by atoms with E-state index in [-0.39, 0.29) is 5.54 Å². The minimum absolute atomic E-state index is 0.199. The molecule has 0 aliphatic carbocycles. The number of anilines is 1. The van der Waals surface area contributed by atoms with E-state index in [0.717, 1.165) is 80.7 Å². The first kappa shape index (κ1) is 26.1. The molecule has 186 valence electrons. The summed E-state index contributed by atoms with van der Waals surface area (Å²) in [5, 5.41) is 0. The zero-order chi connectivity index (χ0) is 24.6. The van der Waals surface area contributed by atoms with Gasteiger partial charge in [0.1, 0.15) is 11.3 Å². The molecule has 1 aromatic carbocycles. The quantitative estimate of drug-likeness (QED) is 0.322. The van der Waals surface area contributed by atoms with Crippen LogP contribution in [0.5, 0.6) is 0 Å². The van der Waals surface area contributed by atoms with Crippen molar-refractivity contribution in [2.45, 2.75) is 97.6 Å². The van der Waals surface area contributed by atoms with Crippen LogP contribution in [0.4, 0.5) is 5.95 Å². The van der Waals surface area contributed by atoms with Crippen LogP contribution in [0.3, 0.4) is 0 Å². The Labute approximate surface area is 206 Å². The molecule has 0 aliphatic rings. The molecule has 0 fully saturated rings. The molecule has 0 aliphatic heterocycles. The molecule has 2 N–H and O–H groups in total. The summed E-state index contributed by atoms with van der Waals surface area (Å²) in [6.07, 6.45) is 9.76. The average Bonchev–Trinajstić information content (AvgIpc) is 3.14. The first-order valence-corrected chi connectivity index (χ1v) is 13.1. The topological polar surface area (TPSA) is 72.9 Å². The Kier molecular flexibility index (Phi) is 9.45. The van der Waals surface area contributed by atoms with Gasteiger partial charge < -0.3 is 15.2 Å². The van der Waals surface area contributed by atoms with Crippen molar-refractivity contribution in [1.82, 2.24) is 24.4 Å². The summed E-state index contributed by atoms with van der Waals surface area (Å²) >= 11 is 0. The van der Waals surface area contributed by atoms with Gasteiger partial charge in [-0.05, 0) is 78.5 Å². The van der Waals surface area contributed by atoms with Gasteiger partial charge in [-0.15, -0.1) is 0 Å². The fourth-order valence-corrected chi connectivity index (χ4v) is 4.37. The summed E-state index contributed by atoms with van der Waals surface area (Å²) in [6, 6.07) is 10.7. The van der Waals surface area contributed by atoms with Crippen LogP contribution in [0.1, 0.15) is 83.3 Å². The first-order valence-electron chi connectivity index (χ1n) is 13.1. The molecule has 3 rings (SSSR count). The van der Waals surface area contributed by atoms with Gasteiger partial charge in [0.15, 0.2) is 5.65 Å². The van der Waals surface area contributed by atoms with E-state index in [1.807, 2.05) is 0 Å². The molecule has 0 atom stereocenters. The lowest BCUT2D eigenvalue weighted by Gasteiger charge is -2.31. The zero-order valence-electron chi connectivity index (χ0n) is 22.0. The van der Waals surface area contributed by atoms with Crippen LogP contribution in [-0.2, 0) is 25.8 Å². The molecular weight excluding hydrogens is 420 g/mol. The maximum Gasteiger partial charge on any atom is 0.222 e. The fraction of sp³-hybridized carbons (Fsp3) is 0.607. The van der Waals surface area contributed by atoms with E-state index in [2.05, 4.69) is 84.5 Å². The Morgan fingerprint density at radius 3 is 2.32 bits per heavy atom. The molecule has 0 unspecified atom stereocenters. The van der Waals surface area contributed by atoms with Gasteiger partial charge >= 0.3 is 0 Å². The average molecular weight is 465 g/mol. The Morgan fingerprint density at radius 1 is 0.882 bits per heavy atom. The molecule has 2 aromatic heterocycles. The summed E-state index contributed by atoms with van der Waals surface area (Å²) in [7, 11) is 2.21. The molecule has 2 heterocycles. The molecule has 0 saturated heterocycles. The number of nitrogen functional groups attached to an aromatic ring is 1. The summed E-state index contributed by atoms with van der Waals surface area (Å²) in [4.78, 5) is 16.6. The van der Waals surface area contributed by atoms with E-state index < -0.39 is 0 Å². The number of unbranched alkanes of at least 4 members (excludes halogenated alkanes) is 3. The molecule has 6 heteroatoms. The maximum absolute atomic E-state index is 6.08. The van der Waals surface area contributed by atoms with Crippen molar-refractivity contribution in [1.29, 1.82) is 0 Å². The number of aromatic nitrogens is 4. The van der Waals surface area contributed by atoms with E-state index in [1.54, 1.807) is 0 Å². The van der Waals surface area contributed by atoms with Crippen LogP contribution < -0.4 is 5.73 Å². The van der Waals surface area contributed by atoms with Crippen LogP contribution >= 0.6 is 0 Å². The fourth-order valence-electron chi connectivity index (χ4n) is 4.37. The number of rotatable bonds is 13. The summed E-state index contributed by atoms with van der Waals surface area (Å²) in [5.74, 6) is 1.46. The molecule has 3 aromatic rings. The van der Waals surface area contributed by atoms with Gasteiger partial charge in [-0.2, -0.15) is 4.98 Å². The lowest BCUT2D eigenvalue weighted by Crippen LogP contribution is -2.38. The van der Waals surface area contributed by atoms with Crippen molar-refractivity contribution in [3.05, 3.63) is 47.4 Å². The lowest BCUT2D eigenvalue weighted by atomic mass is 10.1. The normalized spacial score (nSPS) is 12.2. The smallest absolute Gasteiger partial charge is 0.222 e. The largest absolute Gasteiger partial charge is 0.368 e. The number of nitrogens with zero attached hydrogens (tertiary/aromatic N) is 5. The Morgan fingerprint density at radius 2 is 1.62 bits per heavy atom. The van der Waals surface area contributed by atoms with Gasteiger partial charge in [-0.3, -0.25) is 0 Å². The second kappa shape index (κ2) is 12.3. The number of hydrogen-bond acceptors (Lipinski definition) is 5. The van der Waals surface area contributed by atoms with Gasteiger partial charge in [0, 0.05) is 18.5 Å². The van der Waals surface area contributed by atoms with Gasteiger partial charge in [0.2, 0.25) is 5.95 Å². The van der Waals surface area contributed by atoms with Crippen molar-refractivity contribution < 1.29 is 0 Å². The Hall–Kier alpha value is -2.47. The molecule has 0 spiro atoms. The van der Waals surface area contributed by atoms with Crippen LogP contribution in [0, 0.1) is 0 Å². The van der Waals surface area contributed by atoms with E-state index in [4.69, 9.17) is 10.7 Å². The number of benzene rings is 1. The number of nitrogens with two attached hydrogens (primary N) is 1. The van der Waals surface area contributed by atoms with Crippen molar-refractivity contribution in [3.63, 3.8) is 0 Å². The third kappa shape index (κ3) is 7.26. The van der Waals surface area contributed by atoms with E-state index in [0.29, 0.717) is 5.95 Å². The van der Waals surface area contributed by atoms with E-state index in [1.165, 1.54) is 18.4 Å². The minimum atomic E-state index is 0.199. The number of fused-ring (bicyclic) bond motifs is 1. The van der Waals surface area contributed by atoms with Gasteiger partial charge in [-0.1, -0.05) is 50.1 Å². The lowest BCUT2D eigenvalue weighted by molar-refractivity contribution is 0.172. The highest BCUT2D eigenvalue weighted by Crippen LogP contribution is 2.23. The predicted molar refractivity (Wildman–Crippen MR) is 143 cm³/mol. The third-order valence-corrected chi connectivity index (χ3v) is 6.77. The molecule has 34 heavy (non-hydrogen) atoms. The number of aryl methyl sites for hydroxylation is 4. The Balaban J connectivity index is 1.80. The molecular formula is C28H44N6. The molecule has 0 saturated carbocycles. The summed E-state index contributed by atoms with van der Waals surface area (Å²) in [6.45, 7) is 11.0. The van der Waals surface area contributed by atoms with E-state index in [9.17, 15) is 0 Å². The Bertz CT molecular complexity index is 1020. The monoisotopic (exact) mass is 464 g/mol. The summed E-state index contributed by atoms with van der Waals surface area (Å²) < 4.78 is 2.40. The van der Waals surface area contributed by atoms with Crippen LogP contribution in [-0.4, -0.2) is 43.6 Å². The molecule has 0 bridgehead atoms. The maximum atomic E-state index is 6.08.